The fourth-order valence-electron chi connectivity index (χ4n) is 2.40. The Morgan fingerprint density at radius 2 is 1.68 bits per heavy atom. The Kier molecular flexibility index (Phi) is 2.80. The standard InChI is InChI=1S/C16H13NO2/c18-16(19)15-14-9-5-4-6-12(14)10-11-17(15)13-7-2-1-3-8-13/h1-11,15H,(H,18,19). The third-order valence-corrected chi connectivity index (χ3v) is 3.27. The Bertz CT molecular complexity index is 634. The van der Waals surface area contributed by atoms with E-state index in [1.54, 1.807) is 4.90 Å². The molecule has 19 heavy (non-hydrogen) atoms. The topological polar surface area (TPSA) is 40.5 Å². The molecule has 0 saturated heterocycles. The van der Waals surface area contributed by atoms with E-state index in [9.17, 15) is 9.90 Å². The van der Waals surface area contributed by atoms with Crippen LogP contribution < -0.4 is 4.90 Å². The molecule has 0 amide bonds. The van der Waals surface area contributed by atoms with Gasteiger partial charge in [-0.2, -0.15) is 0 Å². The van der Waals surface area contributed by atoms with Crippen LogP contribution >= 0.6 is 0 Å². The molecular weight excluding hydrogens is 238 g/mol. The van der Waals surface area contributed by atoms with Crippen molar-refractivity contribution in [3.63, 3.8) is 0 Å². The second kappa shape index (κ2) is 4.61. The van der Waals surface area contributed by atoms with Crippen molar-refractivity contribution >= 4 is 17.7 Å². The van der Waals surface area contributed by atoms with E-state index >= 15 is 0 Å². The van der Waals surface area contributed by atoms with Gasteiger partial charge >= 0.3 is 5.97 Å². The van der Waals surface area contributed by atoms with E-state index in [0.29, 0.717) is 0 Å². The van der Waals surface area contributed by atoms with Gasteiger partial charge in [0.25, 0.3) is 0 Å². The maximum absolute atomic E-state index is 11.6. The molecule has 1 aliphatic rings. The van der Waals surface area contributed by atoms with E-state index < -0.39 is 12.0 Å². The zero-order valence-corrected chi connectivity index (χ0v) is 10.2. The highest BCUT2D eigenvalue weighted by atomic mass is 16.4. The molecule has 3 rings (SSSR count). The summed E-state index contributed by atoms with van der Waals surface area (Å²) in [4.78, 5) is 13.4. The fourth-order valence-corrected chi connectivity index (χ4v) is 2.40. The van der Waals surface area contributed by atoms with Gasteiger partial charge in [0.1, 0.15) is 0 Å². The van der Waals surface area contributed by atoms with Crippen molar-refractivity contribution in [1.82, 2.24) is 0 Å². The average Bonchev–Trinajstić information content (AvgIpc) is 2.46. The number of benzene rings is 2. The van der Waals surface area contributed by atoms with Crippen LogP contribution in [0.4, 0.5) is 5.69 Å². The van der Waals surface area contributed by atoms with Crippen molar-refractivity contribution in [2.24, 2.45) is 0 Å². The van der Waals surface area contributed by atoms with Crippen molar-refractivity contribution in [2.45, 2.75) is 6.04 Å². The molecule has 0 spiro atoms. The number of fused-ring (bicyclic) bond motifs is 1. The molecule has 0 aliphatic carbocycles. The summed E-state index contributed by atoms with van der Waals surface area (Å²) in [5.74, 6) is -0.847. The van der Waals surface area contributed by atoms with Crippen molar-refractivity contribution in [3.05, 3.63) is 71.9 Å². The molecule has 1 heterocycles. The number of aliphatic carboxylic acids is 1. The second-order valence-corrected chi connectivity index (χ2v) is 4.43. The zero-order chi connectivity index (χ0) is 13.2. The van der Waals surface area contributed by atoms with Gasteiger partial charge in [-0.05, 0) is 29.3 Å². The monoisotopic (exact) mass is 251 g/mol. The van der Waals surface area contributed by atoms with Gasteiger partial charge in [-0.15, -0.1) is 0 Å². The van der Waals surface area contributed by atoms with Gasteiger partial charge in [0.2, 0.25) is 0 Å². The number of hydrogen-bond donors (Lipinski definition) is 1. The summed E-state index contributed by atoms with van der Waals surface area (Å²) in [6.45, 7) is 0. The smallest absolute Gasteiger partial charge is 0.331 e. The molecule has 1 N–H and O–H groups in total. The van der Waals surface area contributed by atoms with Crippen molar-refractivity contribution in [1.29, 1.82) is 0 Å². The highest BCUT2D eigenvalue weighted by molar-refractivity contribution is 5.85. The summed E-state index contributed by atoms with van der Waals surface area (Å²) in [5.41, 5.74) is 2.66. The Balaban J connectivity index is 2.11. The van der Waals surface area contributed by atoms with Crippen LogP contribution in [0.2, 0.25) is 0 Å². The Morgan fingerprint density at radius 3 is 2.42 bits per heavy atom. The van der Waals surface area contributed by atoms with Crippen LogP contribution in [0.3, 0.4) is 0 Å². The van der Waals surface area contributed by atoms with E-state index in [4.69, 9.17) is 0 Å². The molecule has 1 atom stereocenters. The van der Waals surface area contributed by atoms with Gasteiger partial charge < -0.3 is 10.0 Å². The Labute approximate surface area is 111 Å². The lowest BCUT2D eigenvalue weighted by molar-refractivity contribution is -0.138. The number of nitrogens with zero attached hydrogens (tertiary/aromatic N) is 1. The van der Waals surface area contributed by atoms with Crippen LogP contribution in [-0.4, -0.2) is 11.1 Å². The second-order valence-electron chi connectivity index (χ2n) is 4.43. The molecule has 94 valence electrons. The number of carboxylic acid groups (broad SMARTS) is 1. The minimum absolute atomic E-state index is 0.677. The summed E-state index contributed by atoms with van der Waals surface area (Å²) >= 11 is 0. The van der Waals surface area contributed by atoms with Gasteiger partial charge in [0.05, 0.1) is 0 Å². The molecule has 2 aromatic rings. The number of rotatable bonds is 2. The first kappa shape index (κ1) is 11.5. The minimum atomic E-state index is -0.847. The molecule has 0 saturated carbocycles. The summed E-state index contributed by atoms with van der Waals surface area (Å²) < 4.78 is 0. The first-order chi connectivity index (χ1) is 9.27. The van der Waals surface area contributed by atoms with E-state index in [-0.39, 0.29) is 0 Å². The molecular formula is C16H13NO2. The van der Waals surface area contributed by atoms with Crippen molar-refractivity contribution in [3.8, 4) is 0 Å². The number of carboxylic acids is 1. The average molecular weight is 251 g/mol. The molecule has 3 nitrogen and oxygen atoms in total. The lowest BCUT2D eigenvalue weighted by atomic mass is 9.96. The third kappa shape index (κ3) is 1.99. The van der Waals surface area contributed by atoms with Crippen LogP contribution in [0, 0.1) is 0 Å². The van der Waals surface area contributed by atoms with Gasteiger partial charge in [-0.25, -0.2) is 4.79 Å². The molecule has 0 aromatic heterocycles. The lowest BCUT2D eigenvalue weighted by Crippen LogP contribution is -2.32. The maximum atomic E-state index is 11.6. The van der Waals surface area contributed by atoms with Crippen LogP contribution in [0.1, 0.15) is 17.2 Å². The molecule has 1 unspecified atom stereocenters. The Morgan fingerprint density at radius 1 is 1.00 bits per heavy atom. The van der Waals surface area contributed by atoms with Crippen molar-refractivity contribution < 1.29 is 9.90 Å². The predicted octanol–water partition coefficient (Wildman–Crippen LogP) is 3.30. The number of carbonyl (C=O) groups is 1. The van der Waals surface area contributed by atoms with Crippen LogP contribution in [0.25, 0.3) is 6.08 Å². The van der Waals surface area contributed by atoms with E-state index in [0.717, 1.165) is 16.8 Å². The highest BCUT2D eigenvalue weighted by Crippen LogP contribution is 2.34. The number of anilines is 1. The molecule has 3 heteroatoms. The van der Waals surface area contributed by atoms with E-state index in [1.165, 1.54) is 0 Å². The molecule has 2 aromatic carbocycles. The van der Waals surface area contributed by atoms with Gasteiger partial charge in [-0.3, -0.25) is 0 Å². The lowest BCUT2D eigenvalue weighted by Gasteiger charge is -2.32. The summed E-state index contributed by atoms with van der Waals surface area (Å²) in [7, 11) is 0. The highest BCUT2D eigenvalue weighted by Gasteiger charge is 2.30. The largest absolute Gasteiger partial charge is 0.479 e. The first-order valence-corrected chi connectivity index (χ1v) is 6.11. The van der Waals surface area contributed by atoms with Crippen LogP contribution in [-0.2, 0) is 4.79 Å². The summed E-state index contributed by atoms with van der Waals surface area (Å²) in [6.07, 6.45) is 3.78. The zero-order valence-electron chi connectivity index (χ0n) is 10.2. The van der Waals surface area contributed by atoms with E-state index in [2.05, 4.69) is 0 Å². The molecule has 0 fully saturated rings. The summed E-state index contributed by atoms with van der Waals surface area (Å²) in [6, 6.07) is 16.5. The van der Waals surface area contributed by atoms with Crippen LogP contribution in [0.5, 0.6) is 0 Å². The van der Waals surface area contributed by atoms with Gasteiger partial charge in [-0.1, -0.05) is 42.5 Å². The molecule has 0 bridgehead atoms. The molecule has 1 aliphatic heterocycles. The normalized spacial score (nSPS) is 17.1. The van der Waals surface area contributed by atoms with Crippen molar-refractivity contribution in [2.75, 3.05) is 4.90 Å². The van der Waals surface area contributed by atoms with Gasteiger partial charge in [0.15, 0.2) is 6.04 Å². The predicted molar refractivity (Wildman–Crippen MR) is 74.8 cm³/mol. The van der Waals surface area contributed by atoms with E-state index in [1.807, 2.05) is 66.9 Å². The fraction of sp³-hybridized carbons (Fsp3) is 0.0625. The van der Waals surface area contributed by atoms with Gasteiger partial charge in [0, 0.05) is 11.9 Å². The first-order valence-electron chi connectivity index (χ1n) is 6.11. The third-order valence-electron chi connectivity index (χ3n) is 3.27. The number of hydrogen-bond acceptors (Lipinski definition) is 2. The maximum Gasteiger partial charge on any atom is 0.331 e. The Hall–Kier alpha value is -2.55. The SMILES string of the molecule is O=C(O)C1c2ccccc2C=CN1c1ccccc1. The quantitative estimate of drug-likeness (QED) is 0.890. The summed E-state index contributed by atoms with van der Waals surface area (Å²) in [5, 5.41) is 9.54. The van der Waals surface area contributed by atoms with Crippen LogP contribution in [0.15, 0.2) is 60.8 Å². The minimum Gasteiger partial charge on any atom is -0.479 e. The molecule has 0 radical (unpaired) electrons. The number of para-hydroxylation sites is 1.